The van der Waals surface area contributed by atoms with Crippen molar-refractivity contribution in [1.82, 2.24) is 24.4 Å². The van der Waals surface area contributed by atoms with E-state index in [1.807, 2.05) is 51.9 Å². The smallest absolute Gasteiger partial charge is 0.236 e. The third-order valence-corrected chi connectivity index (χ3v) is 5.87. The quantitative estimate of drug-likeness (QED) is 0.686. The van der Waals surface area contributed by atoms with E-state index in [0.29, 0.717) is 19.7 Å². The lowest BCUT2D eigenvalue weighted by atomic mass is 9.97. The summed E-state index contributed by atoms with van der Waals surface area (Å²) < 4.78 is 7.87. The molecule has 0 bridgehead atoms. The Balaban J connectivity index is 1.27. The largest absolute Gasteiger partial charge is 0.492 e. The average Bonchev–Trinajstić information content (AvgIpc) is 3.08. The van der Waals surface area contributed by atoms with Crippen molar-refractivity contribution in [3.05, 3.63) is 60.0 Å². The summed E-state index contributed by atoms with van der Waals surface area (Å²) in [5.41, 5.74) is 2.00. The zero-order chi connectivity index (χ0) is 19.6. The average molecular weight is 391 g/mol. The number of rotatable bonds is 3. The Kier molecular flexibility index (Phi) is 4.89. The van der Waals surface area contributed by atoms with Crippen molar-refractivity contribution in [3.63, 3.8) is 0 Å². The minimum atomic E-state index is 0.183. The van der Waals surface area contributed by atoms with Crippen LogP contribution in [0.3, 0.4) is 0 Å². The third-order valence-electron chi connectivity index (χ3n) is 5.87. The molecule has 2 aliphatic rings. The highest BCUT2D eigenvalue weighted by molar-refractivity contribution is 5.78. The molecule has 1 amide bonds. The Hall–Kier alpha value is -2.93. The lowest BCUT2D eigenvalue weighted by Crippen LogP contribution is -2.45. The van der Waals surface area contributed by atoms with Crippen molar-refractivity contribution >= 4 is 11.6 Å². The maximum atomic E-state index is 13.1. The molecular formula is C22H25N5O2. The van der Waals surface area contributed by atoms with E-state index in [1.165, 1.54) is 0 Å². The Morgan fingerprint density at radius 3 is 2.97 bits per heavy atom. The van der Waals surface area contributed by atoms with Gasteiger partial charge >= 0.3 is 0 Å². The highest BCUT2D eigenvalue weighted by Gasteiger charge is 2.29. The molecule has 29 heavy (non-hydrogen) atoms. The lowest BCUT2D eigenvalue weighted by Gasteiger charge is -2.33. The van der Waals surface area contributed by atoms with E-state index in [2.05, 4.69) is 21.2 Å². The molecule has 1 atom stereocenters. The van der Waals surface area contributed by atoms with Crippen LogP contribution in [0.15, 0.2) is 48.7 Å². The van der Waals surface area contributed by atoms with Crippen molar-refractivity contribution < 1.29 is 9.53 Å². The molecule has 3 aromatic rings. The van der Waals surface area contributed by atoms with Gasteiger partial charge in [0.25, 0.3) is 0 Å². The molecule has 0 N–H and O–H groups in total. The zero-order valence-electron chi connectivity index (χ0n) is 16.4. The number of carbonyl (C=O) groups is 1. The SMILES string of the molecule is O=C(CN1CCOc2ccccc2C1)N1CCCC(c2nnc3ccccn23)C1. The maximum Gasteiger partial charge on any atom is 0.236 e. The van der Waals surface area contributed by atoms with Crippen LogP contribution in [0.1, 0.15) is 30.1 Å². The predicted molar refractivity (Wildman–Crippen MR) is 109 cm³/mol. The topological polar surface area (TPSA) is 63.0 Å². The lowest BCUT2D eigenvalue weighted by molar-refractivity contribution is -0.133. The van der Waals surface area contributed by atoms with Gasteiger partial charge in [-0.3, -0.25) is 14.1 Å². The van der Waals surface area contributed by atoms with Crippen LogP contribution < -0.4 is 4.74 Å². The number of amides is 1. The fourth-order valence-electron chi connectivity index (χ4n) is 4.36. The van der Waals surface area contributed by atoms with Gasteiger partial charge in [0.1, 0.15) is 18.2 Å². The second-order valence-corrected chi connectivity index (χ2v) is 7.83. The minimum Gasteiger partial charge on any atom is -0.492 e. The molecule has 1 saturated heterocycles. The number of pyridine rings is 1. The van der Waals surface area contributed by atoms with Crippen molar-refractivity contribution in [2.45, 2.75) is 25.3 Å². The molecule has 0 saturated carbocycles. The number of ether oxygens (including phenoxy) is 1. The fourth-order valence-corrected chi connectivity index (χ4v) is 4.36. The first-order chi connectivity index (χ1) is 14.3. The number of piperidine rings is 1. The molecule has 150 valence electrons. The molecule has 7 heteroatoms. The third kappa shape index (κ3) is 3.70. The van der Waals surface area contributed by atoms with Crippen LogP contribution in [0.25, 0.3) is 5.65 Å². The van der Waals surface area contributed by atoms with Gasteiger partial charge in [0.15, 0.2) is 5.65 Å². The van der Waals surface area contributed by atoms with E-state index in [4.69, 9.17) is 4.74 Å². The van der Waals surface area contributed by atoms with Crippen LogP contribution in [-0.2, 0) is 11.3 Å². The first kappa shape index (κ1) is 18.1. The Morgan fingerprint density at radius 2 is 2.00 bits per heavy atom. The van der Waals surface area contributed by atoms with Crippen molar-refractivity contribution in [1.29, 1.82) is 0 Å². The van der Waals surface area contributed by atoms with Gasteiger partial charge < -0.3 is 9.64 Å². The molecule has 1 aromatic carbocycles. The number of nitrogens with zero attached hydrogens (tertiary/aromatic N) is 5. The van der Waals surface area contributed by atoms with Crippen molar-refractivity contribution in [2.24, 2.45) is 0 Å². The Labute approximate surface area is 169 Å². The van der Waals surface area contributed by atoms with Gasteiger partial charge in [-0.1, -0.05) is 24.3 Å². The van der Waals surface area contributed by atoms with E-state index in [0.717, 1.165) is 55.3 Å². The van der Waals surface area contributed by atoms with Crippen molar-refractivity contribution in [3.8, 4) is 5.75 Å². The highest BCUT2D eigenvalue weighted by Crippen LogP contribution is 2.27. The summed E-state index contributed by atoms with van der Waals surface area (Å²) >= 11 is 0. The van der Waals surface area contributed by atoms with Crippen LogP contribution in [0, 0.1) is 0 Å². The molecule has 2 aliphatic heterocycles. The van der Waals surface area contributed by atoms with Gasteiger partial charge in [-0.2, -0.15) is 0 Å². The Morgan fingerprint density at radius 1 is 1.10 bits per heavy atom. The molecule has 1 unspecified atom stereocenters. The molecule has 0 radical (unpaired) electrons. The number of hydrogen-bond acceptors (Lipinski definition) is 5. The standard InChI is InChI=1S/C22H25N5O2/c28-21(16-25-12-13-29-19-8-2-1-6-17(19)14-25)26-10-5-7-18(15-26)22-24-23-20-9-3-4-11-27(20)22/h1-4,6,8-9,11,18H,5,7,10,12-16H2. The van der Waals surface area contributed by atoms with E-state index in [1.54, 1.807) is 0 Å². The van der Waals surface area contributed by atoms with Crippen LogP contribution >= 0.6 is 0 Å². The van der Waals surface area contributed by atoms with E-state index in [9.17, 15) is 4.79 Å². The first-order valence-corrected chi connectivity index (χ1v) is 10.3. The Bertz CT molecular complexity index is 1020. The summed E-state index contributed by atoms with van der Waals surface area (Å²) in [6.45, 7) is 4.05. The van der Waals surface area contributed by atoms with Gasteiger partial charge in [-0.15, -0.1) is 10.2 Å². The number of carbonyl (C=O) groups excluding carboxylic acids is 1. The maximum absolute atomic E-state index is 13.1. The molecule has 4 heterocycles. The number of aromatic nitrogens is 3. The minimum absolute atomic E-state index is 0.183. The summed E-state index contributed by atoms with van der Waals surface area (Å²) in [5, 5.41) is 8.69. The number of benzene rings is 1. The molecule has 7 nitrogen and oxygen atoms in total. The summed E-state index contributed by atoms with van der Waals surface area (Å²) in [5.74, 6) is 2.29. The van der Waals surface area contributed by atoms with Crippen molar-refractivity contribution in [2.75, 3.05) is 32.8 Å². The molecule has 0 spiro atoms. The number of likely N-dealkylation sites (tertiary alicyclic amines) is 1. The van der Waals surface area contributed by atoms with Crippen LogP contribution in [0.5, 0.6) is 5.75 Å². The summed E-state index contributed by atoms with van der Waals surface area (Å²) in [4.78, 5) is 17.3. The second-order valence-electron chi connectivity index (χ2n) is 7.83. The second kappa shape index (κ2) is 7.83. The fraction of sp³-hybridized carbons (Fsp3) is 0.409. The molecule has 0 aliphatic carbocycles. The first-order valence-electron chi connectivity index (χ1n) is 10.3. The molecule has 2 aromatic heterocycles. The normalized spacial score (nSPS) is 20.1. The van der Waals surface area contributed by atoms with E-state index < -0.39 is 0 Å². The van der Waals surface area contributed by atoms with Gasteiger partial charge in [0, 0.05) is 43.9 Å². The van der Waals surface area contributed by atoms with E-state index >= 15 is 0 Å². The molecule has 5 rings (SSSR count). The van der Waals surface area contributed by atoms with Crippen LogP contribution in [-0.4, -0.2) is 63.1 Å². The number of hydrogen-bond donors (Lipinski definition) is 0. The highest BCUT2D eigenvalue weighted by atomic mass is 16.5. The van der Waals surface area contributed by atoms with Gasteiger partial charge in [0.05, 0.1) is 6.54 Å². The summed E-state index contributed by atoms with van der Waals surface area (Å²) in [6.07, 6.45) is 4.02. The molecule has 1 fully saturated rings. The van der Waals surface area contributed by atoms with Gasteiger partial charge in [-0.25, -0.2) is 0 Å². The molecular weight excluding hydrogens is 366 g/mol. The summed E-state index contributed by atoms with van der Waals surface area (Å²) in [6, 6.07) is 14.0. The van der Waals surface area contributed by atoms with Crippen LogP contribution in [0.2, 0.25) is 0 Å². The monoisotopic (exact) mass is 391 g/mol. The zero-order valence-corrected chi connectivity index (χ0v) is 16.4. The van der Waals surface area contributed by atoms with Gasteiger partial charge in [-0.05, 0) is 31.0 Å². The summed E-state index contributed by atoms with van der Waals surface area (Å²) in [7, 11) is 0. The van der Waals surface area contributed by atoms with Crippen LogP contribution in [0.4, 0.5) is 0 Å². The number of fused-ring (bicyclic) bond motifs is 2. The number of para-hydroxylation sites is 1. The van der Waals surface area contributed by atoms with E-state index in [-0.39, 0.29) is 11.8 Å². The predicted octanol–water partition coefficient (Wildman–Crippen LogP) is 2.33. The van der Waals surface area contributed by atoms with Gasteiger partial charge in [0.2, 0.25) is 5.91 Å².